The molecule has 250 valence electrons. The van der Waals surface area contributed by atoms with Gasteiger partial charge in [-0.1, -0.05) is 50.2 Å². The Morgan fingerprint density at radius 1 is 0.979 bits per heavy atom. The molecule has 0 bridgehead atoms. The molecule has 0 saturated carbocycles. The number of carbonyl (C=O) groups excluding carboxylic acids is 4. The van der Waals surface area contributed by atoms with Gasteiger partial charge >= 0.3 is 0 Å². The number of benzene rings is 3. The van der Waals surface area contributed by atoms with Crippen LogP contribution in [0.15, 0.2) is 72.8 Å². The molecule has 0 unspecified atom stereocenters. The zero-order valence-electron chi connectivity index (χ0n) is 27.1. The number of aryl methyl sites for hydroxylation is 1. The summed E-state index contributed by atoms with van der Waals surface area (Å²) < 4.78 is 11.4. The molecule has 0 radical (unpaired) electrons. The average molecular weight is 645 g/mol. The summed E-state index contributed by atoms with van der Waals surface area (Å²) in [6.45, 7) is 4.31. The topological polar surface area (TPSA) is 155 Å². The molecular formula is C36H44N4O7. The van der Waals surface area contributed by atoms with Crippen molar-refractivity contribution in [3.8, 4) is 17.2 Å². The molecule has 3 aromatic rings. The Morgan fingerprint density at radius 3 is 2.49 bits per heavy atom. The minimum Gasteiger partial charge on any atom is -0.508 e. The third-order valence-corrected chi connectivity index (χ3v) is 8.07. The number of methoxy groups -OCH3 is 1. The number of para-hydroxylation sites is 1. The van der Waals surface area contributed by atoms with Gasteiger partial charge in [0.2, 0.25) is 17.7 Å². The van der Waals surface area contributed by atoms with Gasteiger partial charge in [-0.2, -0.15) is 0 Å². The van der Waals surface area contributed by atoms with Crippen molar-refractivity contribution >= 4 is 23.6 Å². The van der Waals surface area contributed by atoms with E-state index in [1.807, 2.05) is 38.1 Å². The number of rotatable bonds is 9. The highest BCUT2D eigenvalue weighted by Crippen LogP contribution is 2.20. The van der Waals surface area contributed by atoms with Crippen LogP contribution in [0.25, 0.3) is 0 Å². The molecule has 1 heterocycles. The van der Waals surface area contributed by atoms with Crippen LogP contribution in [0.3, 0.4) is 0 Å². The van der Waals surface area contributed by atoms with Crippen molar-refractivity contribution < 1.29 is 33.8 Å². The summed E-state index contributed by atoms with van der Waals surface area (Å²) in [4.78, 5) is 53.7. The Labute approximate surface area is 275 Å². The predicted molar refractivity (Wildman–Crippen MR) is 177 cm³/mol. The van der Waals surface area contributed by atoms with E-state index in [0.717, 1.165) is 16.9 Å². The van der Waals surface area contributed by atoms with Crippen LogP contribution in [0.5, 0.6) is 17.2 Å². The average Bonchev–Trinajstić information content (AvgIpc) is 3.07. The Kier molecular flexibility index (Phi) is 12.6. The third-order valence-electron chi connectivity index (χ3n) is 8.07. The number of amides is 4. The summed E-state index contributed by atoms with van der Waals surface area (Å²) in [7, 11) is 1.61. The smallest absolute Gasteiger partial charge is 0.255 e. The van der Waals surface area contributed by atoms with Crippen LogP contribution in [-0.4, -0.2) is 67.1 Å². The van der Waals surface area contributed by atoms with Gasteiger partial charge in [0, 0.05) is 19.4 Å². The number of carbonyl (C=O) groups is 4. The molecule has 4 rings (SSSR count). The molecule has 1 aliphatic rings. The van der Waals surface area contributed by atoms with Crippen LogP contribution in [0.2, 0.25) is 0 Å². The van der Waals surface area contributed by atoms with E-state index >= 15 is 0 Å². The van der Waals surface area contributed by atoms with Gasteiger partial charge < -0.3 is 35.8 Å². The van der Waals surface area contributed by atoms with Gasteiger partial charge in [-0.3, -0.25) is 19.2 Å². The Balaban J connectivity index is 1.52. The minimum absolute atomic E-state index is 0.00445. The van der Waals surface area contributed by atoms with Gasteiger partial charge in [0.15, 0.2) is 0 Å². The highest BCUT2D eigenvalue weighted by molar-refractivity contribution is 5.99. The van der Waals surface area contributed by atoms with E-state index in [-0.39, 0.29) is 43.1 Å². The van der Waals surface area contributed by atoms with E-state index in [0.29, 0.717) is 25.1 Å². The fourth-order valence-electron chi connectivity index (χ4n) is 5.22. The van der Waals surface area contributed by atoms with Gasteiger partial charge in [0.25, 0.3) is 5.91 Å². The second-order valence-electron chi connectivity index (χ2n) is 12.0. The first kappa shape index (κ1) is 34.8. The number of ether oxygens (including phenoxy) is 2. The van der Waals surface area contributed by atoms with Gasteiger partial charge in [-0.05, 0) is 72.7 Å². The number of hydrogen-bond donors (Lipinski definition) is 5. The molecule has 4 amide bonds. The van der Waals surface area contributed by atoms with Crippen LogP contribution < -0.4 is 30.7 Å². The number of aromatic hydroxyl groups is 1. The van der Waals surface area contributed by atoms with Gasteiger partial charge in [0.05, 0.1) is 18.7 Å². The maximum atomic E-state index is 13.6. The summed E-state index contributed by atoms with van der Waals surface area (Å²) in [5.41, 5.74) is 2.05. The number of phenols is 1. The minimum atomic E-state index is -1.02. The first-order valence-electron chi connectivity index (χ1n) is 15.9. The largest absolute Gasteiger partial charge is 0.508 e. The number of nitrogens with one attached hydrogen (secondary N) is 4. The Hall–Kier alpha value is -5.06. The SMILES string of the molecule is COc1cccc(CCCNC(=O)[C@@H]2CCC(=O)N[C@@H](Cc3ccc(O)cc3)C(=O)N[C@H](C(C)C)COc3ccccc3C(=O)N2)c1. The highest BCUT2D eigenvalue weighted by atomic mass is 16.5. The van der Waals surface area contributed by atoms with Crippen LogP contribution >= 0.6 is 0 Å². The molecule has 5 N–H and O–H groups in total. The van der Waals surface area contributed by atoms with Crippen LogP contribution in [0, 0.1) is 5.92 Å². The van der Waals surface area contributed by atoms with E-state index < -0.39 is 41.8 Å². The predicted octanol–water partition coefficient (Wildman–Crippen LogP) is 3.29. The van der Waals surface area contributed by atoms with Crippen molar-refractivity contribution in [2.45, 2.75) is 64.1 Å². The van der Waals surface area contributed by atoms with Gasteiger partial charge in [0.1, 0.15) is 35.9 Å². The number of hydrogen-bond acceptors (Lipinski definition) is 7. The summed E-state index contributed by atoms with van der Waals surface area (Å²) >= 11 is 0. The number of fused-ring (bicyclic) bond motifs is 1. The van der Waals surface area contributed by atoms with E-state index in [1.54, 1.807) is 43.5 Å². The standard InChI is InChI=1S/C36H44N4O7/c1-23(2)31-22-47-32-12-5-4-11-28(32)34(43)39-29(35(44)37-19-7-9-24-8-6-10-27(20-24)46-3)17-18-33(42)38-30(36(45)40-31)21-25-13-15-26(41)16-14-25/h4-6,8,10-16,20,23,29-31,41H,7,9,17-19,21-22H2,1-3H3,(H,37,44)(H,38,42)(H,39,43)(H,40,45)/t29-,30-,31-/m0/s1. The first-order valence-corrected chi connectivity index (χ1v) is 15.9. The molecule has 3 atom stereocenters. The summed E-state index contributed by atoms with van der Waals surface area (Å²) in [6.07, 6.45) is 1.43. The van der Waals surface area contributed by atoms with Crippen molar-refractivity contribution in [1.82, 2.24) is 21.3 Å². The van der Waals surface area contributed by atoms with E-state index in [1.165, 1.54) is 12.1 Å². The molecule has 0 saturated heterocycles. The lowest BCUT2D eigenvalue weighted by Crippen LogP contribution is -2.53. The zero-order valence-corrected chi connectivity index (χ0v) is 27.1. The van der Waals surface area contributed by atoms with Gasteiger partial charge in [-0.25, -0.2) is 0 Å². The second kappa shape index (κ2) is 17.0. The van der Waals surface area contributed by atoms with Crippen LogP contribution in [0.1, 0.15) is 54.6 Å². The molecule has 0 spiro atoms. The van der Waals surface area contributed by atoms with Crippen LogP contribution in [0.4, 0.5) is 0 Å². The van der Waals surface area contributed by atoms with Crippen molar-refractivity contribution in [2.24, 2.45) is 5.92 Å². The second-order valence-corrected chi connectivity index (χ2v) is 12.0. The molecule has 0 aromatic heterocycles. The molecular weight excluding hydrogens is 600 g/mol. The molecule has 0 aliphatic carbocycles. The zero-order chi connectivity index (χ0) is 33.8. The molecule has 1 aliphatic heterocycles. The highest BCUT2D eigenvalue weighted by Gasteiger charge is 2.29. The lowest BCUT2D eigenvalue weighted by molar-refractivity contribution is -0.130. The molecule has 0 fully saturated rings. The molecule has 3 aromatic carbocycles. The summed E-state index contributed by atoms with van der Waals surface area (Å²) in [5, 5.41) is 21.2. The van der Waals surface area contributed by atoms with Crippen molar-refractivity contribution in [1.29, 1.82) is 0 Å². The van der Waals surface area contributed by atoms with Crippen LogP contribution in [-0.2, 0) is 27.2 Å². The number of phenolic OH excluding ortho intramolecular Hbond substituents is 1. The molecule has 11 heteroatoms. The quantitative estimate of drug-likeness (QED) is 0.224. The van der Waals surface area contributed by atoms with E-state index in [9.17, 15) is 24.3 Å². The normalized spacial score (nSPS) is 19.1. The van der Waals surface area contributed by atoms with Crippen molar-refractivity contribution in [3.63, 3.8) is 0 Å². The monoisotopic (exact) mass is 644 g/mol. The first-order chi connectivity index (χ1) is 22.6. The summed E-state index contributed by atoms with van der Waals surface area (Å²) in [6, 6.07) is 18.5. The lowest BCUT2D eigenvalue weighted by Gasteiger charge is -2.26. The third kappa shape index (κ3) is 10.5. The maximum absolute atomic E-state index is 13.6. The van der Waals surface area contributed by atoms with E-state index in [4.69, 9.17) is 9.47 Å². The fraction of sp³-hybridized carbons (Fsp3) is 0.389. The van der Waals surface area contributed by atoms with E-state index in [2.05, 4.69) is 21.3 Å². The molecule has 11 nitrogen and oxygen atoms in total. The lowest BCUT2D eigenvalue weighted by atomic mass is 10.0. The Bertz CT molecular complexity index is 1530. The van der Waals surface area contributed by atoms with Crippen molar-refractivity contribution in [2.75, 3.05) is 20.3 Å². The summed E-state index contributed by atoms with van der Waals surface area (Å²) in [5.74, 6) is -0.633. The maximum Gasteiger partial charge on any atom is 0.255 e. The van der Waals surface area contributed by atoms with Gasteiger partial charge in [-0.15, -0.1) is 0 Å². The van der Waals surface area contributed by atoms with Crippen molar-refractivity contribution in [3.05, 3.63) is 89.5 Å². The fourth-order valence-corrected chi connectivity index (χ4v) is 5.22. The Morgan fingerprint density at radius 2 is 1.74 bits per heavy atom. The molecule has 47 heavy (non-hydrogen) atoms.